The first kappa shape index (κ1) is 26.9. The molecule has 0 heterocycles. The van der Waals surface area contributed by atoms with Gasteiger partial charge in [-0.25, -0.2) is 0 Å². The zero-order chi connectivity index (χ0) is 21.5. The molecule has 0 aromatic heterocycles. The lowest BCUT2D eigenvalue weighted by Crippen LogP contribution is -2.49. The minimum Gasteiger partial charge on any atom is -0.362 e. The van der Waals surface area contributed by atoms with E-state index in [2.05, 4.69) is 33.5 Å². The highest BCUT2D eigenvalue weighted by atomic mass is 79.9. The first-order chi connectivity index (χ1) is 13.8. The normalized spacial score (nSPS) is 12.6. The van der Waals surface area contributed by atoms with E-state index in [0.717, 1.165) is 23.0 Å². The van der Waals surface area contributed by atoms with Crippen LogP contribution in [0, 0.1) is 0 Å². The third-order valence-electron chi connectivity index (χ3n) is 4.80. The maximum Gasteiger partial charge on any atom is 0.228 e. The van der Waals surface area contributed by atoms with Crippen molar-refractivity contribution in [1.82, 2.24) is 5.32 Å². The average molecular weight is 529 g/mol. The van der Waals surface area contributed by atoms with Crippen LogP contribution in [-0.4, -0.2) is 15.9 Å². The lowest BCUT2D eigenvalue weighted by Gasteiger charge is -2.27. The number of nitrogens with one attached hydrogen (secondary N) is 2. The number of benzene rings is 1. The molecule has 0 saturated carbocycles. The number of alkyl halides is 3. The highest BCUT2D eigenvalue weighted by molar-refractivity contribution is 9.10. The van der Waals surface area contributed by atoms with Crippen LogP contribution in [-0.2, 0) is 4.79 Å². The fraction of sp³-hybridized carbons (Fsp3) is 0.682. The number of amides is 1. The molecule has 0 aliphatic heterocycles. The predicted octanol–water partition coefficient (Wildman–Crippen LogP) is 8.37. The predicted molar refractivity (Wildman–Crippen MR) is 131 cm³/mol. The minimum absolute atomic E-state index is 0.109. The Kier molecular flexibility index (Phi) is 14.5. The molecule has 2 N–H and O–H groups in total. The van der Waals surface area contributed by atoms with Gasteiger partial charge in [0.15, 0.2) is 0 Å². The lowest BCUT2D eigenvalue weighted by atomic mass is 10.1. The molecule has 1 atom stereocenters. The SMILES string of the molecule is CCCCCCCCCCCCCC(=O)N[C@H](Nc1ccc(Br)cc1)C(Cl)(Cl)Cl. The summed E-state index contributed by atoms with van der Waals surface area (Å²) in [6.45, 7) is 2.25. The monoisotopic (exact) mass is 526 g/mol. The van der Waals surface area contributed by atoms with Crippen molar-refractivity contribution in [2.75, 3.05) is 5.32 Å². The fourth-order valence-electron chi connectivity index (χ4n) is 3.10. The van der Waals surface area contributed by atoms with Gasteiger partial charge < -0.3 is 10.6 Å². The molecule has 0 saturated heterocycles. The number of hydrogen-bond donors (Lipinski definition) is 2. The second-order valence-electron chi connectivity index (χ2n) is 7.48. The molecular weight excluding hydrogens is 495 g/mol. The summed E-state index contributed by atoms with van der Waals surface area (Å²) in [6, 6.07) is 7.46. The van der Waals surface area contributed by atoms with Gasteiger partial charge in [-0.3, -0.25) is 4.79 Å². The van der Waals surface area contributed by atoms with E-state index in [-0.39, 0.29) is 5.91 Å². The molecule has 166 valence electrons. The summed E-state index contributed by atoms with van der Waals surface area (Å²) in [4.78, 5) is 12.3. The lowest BCUT2D eigenvalue weighted by molar-refractivity contribution is -0.121. The largest absolute Gasteiger partial charge is 0.362 e. The van der Waals surface area contributed by atoms with Crippen LogP contribution in [0.5, 0.6) is 0 Å². The smallest absolute Gasteiger partial charge is 0.228 e. The molecule has 0 unspecified atom stereocenters. The summed E-state index contributed by atoms with van der Waals surface area (Å²) < 4.78 is -0.700. The molecule has 0 aliphatic rings. The van der Waals surface area contributed by atoms with Gasteiger partial charge in [-0.1, -0.05) is 122 Å². The van der Waals surface area contributed by atoms with Gasteiger partial charge in [0.1, 0.15) is 6.17 Å². The molecular formula is C22H34BrCl3N2O. The molecule has 0 bridgehead atoms. The molecule has 29 heavy (non-hydrogen) atoms. The molecule has 1 rings (SSSR count). The van der Waals surface area contributed by atoms with Crippen LogP contribution in [0.1, 0.15) is 84.0 Å². The van der Waals surface area contributed by atoms with Crippen molar-refractivity contribution in [3.05, 3.63) is 28.7 Å². The molecule has 0 aliphatic carbocycles. The van der Waals surface area contributed by atoms with Gasteiger partial charge in [0.25, 0.3) is 0 Å². The Morgan fingerprint density at radius 1 is 0.897 bits per heavy atom. The Balaban J connectivity index is 2.19. The summed E-state index contributed by atoms with van der Waals surface area (Å²) in [5.41, 5.74) is 0.763. The number of hydrogen-bond acceptors (Lipinski definition) is 2. The van der Waals surface area contributed by atoms with Gasteiger partial charge in [0, 0.05) is 16.6 Å². The highest BCUT2D eigenvalue weighted by Gasteiger charge is 2.33. The van der Waals surface area contributed by atoms with Gasteiger partial charge in [-0.05, 0) is 30.7 Å². The third-order valence-corrected chi connectivity index (χ3v) is 5.98. The van der Waals surface area contributed by atoms with Crippen LogP contribution < -0.4 is 10.6 Å². The van der Waals surface area contributed by atoms with Crippen molar-refractivity contribution in [1.29, 1.82) is 0 Å². The second kappa shape index (κ2) is 15.6. The van der Waals surface area contributed by atoms with Crippen molar-refractivity contribution in [3.63, 3.8) is 0 Å². The van der Waals surface area contributed by atoms with E-state index in [1.807, 2.05) is 24.3 Å². The Bertz CT molecular complexity index is 564. The van der Waals surface area contributed by atoms with E-state index in [1.165, 1.54) is 57.8 Å². The number of halogens is 4. The molecule has 0 fully saturated rings. The molecule has 3 nitrogen and oxygen atoms in total. The van der Waals surface area contributed by atoms with Crippen molar-refractivity contribution >= 4 is 62.3 Å². The van der Waals surface area contributed by atoms with Crippen LogP contribution in [0.4, 0.5) is 5.69 Å². The zero-order valence-electron chi connectivity index (χ0n) is 17.3. The van der Waals surface area contributed by atoms with E-state index in [1.54, 1.807) is 0 Å². The van der Waals surface area contributed by atoms with E-state index in [0.29, 0.717) is 6.42 Å². The van der Waals surface area contributed by atoms with Crippen LogP contribution in [0.25, 0.3) is 0 Å². The summed E-state index contributed by atoms with van der Waals surface area (Å²) in [6.07, 6.45) is 13.4. The van der Waals surface area contributed by atoms with E-state index in [4.69, 9.17) is 34.8 Å². The summed E-state index contributed by atoms with van der Waals surface area (Å²) in [5.74, 6) is -0.109. The number of carbonyl (C=O) groups excluding carboxylic acids is 1. The first-order valence-corrected chi connectivity index (χ1v) is 12.6. The minimum atomic E-state index is -1.65. The molecule has 0 radical (unpaired) electrons. The Hall–Kier alpha value is -0.160. The summed E-state index contributed by atoms with van der Waals surface area (Å²) in [5, 5.41) is 5.87. The van der Waals surface area contributed by atoms with Crippen LogP contribution >= 0.6 is 50.7 Å². The van der Waals surface area contributed by atoms with Gasteiger partial charge in [-0.2, -0.15) is 0 Å². The number of unbranched alkanes of at least 4 members (excludes halogenated alkanes) is 10. The number of carbonyl (C=O) groups is 1. The van der Waals surface area contributed by atoms with Crippen molar-refractivity contribution < 1.29 is 4.79 Å². The molecule has 1 aromatic rings. The van der Waals surface area contributed by atoms with E-state index < -0.39 is 9.96 Å². The molecule has 1 amide bonds. The zero-order valence-corrected chi connectivity index (χ0v) is 21.1. The molecule has 1 aromatic carbocycles. The summed E-state index contributed by atoms with van der Waals surface area (Å²) in [7, 11) is 0. The van der Waals surface area contributed by atoms with Crippen LogP contribution in [0.2, 0.25) is 0 Å². The maximum atomic E-state index is 12.3. The van der Waals surface area contributed by atoms with Gasteiger partial charge >= 0.3 is 0 Å². The van der Waals surface area contributed by atoms with Crippen molar-refractivity contribution in [2.45, 2.75) is 93.9 Å². The number of anilines is 1. The molecule has 7 heteroatoms. The van der Waals surface area contributed by atoms with E-state index in [9.17, 15) is 4.79 Å². The number of rotatable bonds is 15. The quantitative estimate of drug-likeness (QED) is 0.136. The Morgan fingerprint density at radius 2 is 1.38 bits per heavy atom. The average Bonchev–Trinajstić information content (AvgIpc) is 2.66. The van der Waals surface area contributed by atoms with Crippen LogP contribution in [0.3, 0.4) is 0 Å². The second-order valence-corrected chi connectivity index (χ2v) is 10.8. The topological polar surface area (TPSA) is 41.1 Å². The molecule has 0 spiro atoms. The van der Waals surface area contributed by atoms with Crippen LogP contribution in [0.15, 0.2) is 28.7 Å². The van der Waals surface area contributed by atoms with Crippen molar-refractivity contribution in [3.8, 4) is 0 Å². The Labute approximate surface area is 199 Å². The van der Waals surface area contributed by atoms with Gasteiger partial charge in [-0.15, -0.1) is 0 Å². The Morgan fingerprint density at radius 3 is 1.86 bits per heavy atom. The van der Waals surface area contributed by atoms with E-state index >= 15 is 0 Å². The standard InChI is InChI=1S/C22H34BrCl3N2O/c1-2-3-4-5-6-7-8-9-10-11-12-13-20(29)28-21(22(24,25)26)27-19-16-14-18(23)15-17-19/h14-17,21,27H,2-13H2,1H3,(H,28,29)/t21-/m0/s1. The van der Waals surface area contributed by atoms with Gasteiger partial charge in [0.2, 0.25) is 9.70 Å². The first-order valence-electron chi connectivity index (χ1n) is 10.7. The third kappa shape index (κ3) is 13.7. The van der Waals surface area contributed by atoms with Crippen molar-refractivity contribution in [2.24, 2.45) is 0 Å². The fourth-order valence-corrected chi connectivity index (χ4v) is 3.69. The highest BCUT2D eigenvalue weighted by Crippen LogP contribution is 2.31. The summed E-state index contributed by atoms with van der Waals surface area (Å²) >= 11 is 21.5. The van der Waals surface area contributed by atoms with Gasteiger partial charge in [0.05, 0.1) is 0 Å². The maximum absolute atomic E-state index is 12.3.